The van der Waals surface area contributed by atoms with Gasteiger partial charge in [0.25, 0.3) is 0 Å². The monoisotopic (exact) mass is 291 g/mol. The highest BCUT2D eigenvalue weighted by molar-refractivity contribution is 5.85. The molecule has 1 aliphatic rings. The lowest BCUT2D eigenvalue weighted by molar-refractivity contribution is -0.125. The van der Waals surface area contributed by atoms with Gasteiger partial charge >= 0.3 is 0 Å². The van der Waals surface area contributed by atoms with Crippen LogP contribution in [0.4, 0.5) is 0 Å². The standard InChI is InChI=1S/C14H29N3O.ClH/c1-5-14(3,4)16-13(18)10-17-8-6-7-11(2)12(17)9-15;/h11-12H,5-10,15H2,1-4H3,(H,16,18);1H. The Labute approximate surface area is 123 Å². The third-order valence-corrected chi connectivity index (χ3v) is 4.18. The predicted octanol–water partition coefficient (Wildman–Crippen LogP) is 1.77. The van der Waals surface area contributed by atoms with E-state index in [1.54, 1.807) is 0 Å². The Hall–Kier alpha value is -0.320. The summed E-state index contributed by atoms with van der Waals surface area (Å²) in [5, 5.41) is 3.09. The second-order valence-electron chi connectivity index (χ2n) is 6.18. The van der Waals surface area contributed by atoms with E-state index in [-0.39, 0.29) is 23.9 Å². The van der Waals surface area contributed by atoms with Crippen molar-refractivity contribution in [3.05, 3.63) is 0 Å². The Bertz CT molecular complexity index is 284. The number of nitrogens with zero attached hydrogens (tertiary/aromatic N) is 1. The molecule has 114 valence electrons. The number of carbonyl (C=O) groups excluding carboxylic acids is 1. The molecule has 0 aromatic carbocycles. The highest BCUT2D eigenvalue weighted by Gasteiger charge is 2.29. The molecule has 0 radical (unpaired) electrons. The molecule has 0 aromatic heterocycles. The van der Waals surface area contributed by atoms with Crippen molar-refractivity contribution in [1.82, 2.24) is 10.2 Å². The summed E-state index contributed by atoms with van der Waals surface area (Å²) in [7, 11) is 0. The second kappa shape index (κ2) is 8.08. The van der Waals surface area contributed by atoms with Gasteiger partial charge in [0.15, 0.2) is 0 Å². The van der Waals surface area contributed by atoms with Crippen LogP contribution in [0.15, 0.2) is 0 Å². The van der Waals surface area contributed by atoms with Crippen LogP contribution in [0.5, 0.6) is 0 Å². The summed E-state index contributed by atoms with van der Waals surface area (Å²) >= 11 is 0. The maximum Gasteiger partial charge on any atom is 0.234 e. The van der Waals surface area contributed by atoms with Crippen LogP contribution in [-0.2, 0) is 4.79 Å². The first-order valence-corrected chi connectivity index (χ1v) is 7.14. The molecule has 1 saturated heterocycles. The summed E-state index contributed by atoms with van der Waals surface area (Å²) in [4.78, 5) is 14.3. The third-order valence-electron chi connectivity index (χ3n) is 4.18. The molecule has 1 heterocycles. The summed E-state index contributed by atoms with van der Waals surface area (Å²) in [6.45, 7) is 10.6. The van der Waals surface area contributed by atoms with Gasteiger partial charge < -0.3 is 11.1 Å². The van der Waals surface area contributed by atoms with Crippen molar-refractivity contribution >= 4 is 18.3 Å². The number of hydrogen-bond acceptors (Lipinski definition) is 3. The highest BCUT2D eigenvalue weighted by atomic mass is 35.5. The number of piperidine rings is 1. The topological polar surface area (TPSA) is 58.4 Å². The van der Waals surface area contributed by atoms with Crippen molar-refractivity contribution in [3.8, 4) is 0 Å². The second-order valence-corrected chi connectivity index (χ2v) is 6.18. The number of halogens is 1. The third kappa shape index (κ3) is 5.67. The number of hydrogen-bond donors (Lipinski definition) is 2. The van der Waals surface area contributed by atoms with Crippen molar-refractivity contribution < 1.29 is 4.79 Å². The minimum absolute atomic E-state index is 0. The molecule has 1 rings (SSSR count). The molecule has 0 aromatic rings. The largest absolute Gasteiger partial charge is 0.350 e. The molecule has 1 amide bonds. The maximum atomic E-state index is 12.1. The van der Waals surface area contributed by atoms with E-state index in [4.69, 9.17) is 5.73 Å². The van der Waals surface area contributed by atoms with Gasteiger partial charge in [0.05, 0.1) is 6.54 Å². The van der Waals surface area contributed by atoms with Crippen molar-refractivity contribution in [2.75, 3.05) is 19.6 Å². The van der Waals surface area contributed by atoms with E-state index in [0.717, 1.165) is 13.0 Å². The summed E-state index contributed by atoms with van der Waals surface area (Å²) in [6.07, 6.45) is 3.33. The van der Waals surface area contributed by atoms with E-state index in [1.807, 2.05) is 0 Å². The fourth-order valence-electron chi connectivity index (χ4n) is 2.60. The highest BCUT2D eigenvalue weighted by Crippen LogP contribution is 2.22. The van der Waals surface area contributed by atoms with Crippen molar-refractivity contribution in [2.45, 2.75) is 58.5 Å². The van der Waals surface area contributed by atoms with Gasteiger partial charge in [-0.15, -0.1) is 12.4 Å². The molecule has 0 saturated carbocycles. The molecular formula is C14H30ClN3O. The Balaban J connectivity index is 0.00000324. The maximum absolute atomic E-state index is 12.1. The summed E-state index contributed by atoms with van der Waals surface area (Å²) in [5.41, 5.74) is 5.73. The lowest BCUT2D eigenvalue weighted by Gasteiger charge is -2.39. The molecule has 0 bridgehead atoms. The molecule has 19 heavy (non-hydrogen) atoms. The molecule has 5 heteroatoms. The van der Waals surface area contributed by atoms with Gasteiger partial charge in [-0.1, -0.05) is 13.8 Å². The average molecular weight is 292 g/mol. The number of likely N-dealkylation sites (tertiary alicyclic amines) is 1. The van der Waals surface area contributed by atoms with Crippen molar-refractivity contribution in [1.29, 1.82) is 0 Å². The molecular weight excluding hydrogens is 262 g/mol. The zero-order chi connectivity index (χ0) is 13.8. The molecule has 1 aliphatic heterocycles. The molecule has 2 unspecified atom stereocenters. The number of nitrogens with two attached hydrogens (primary N) is 1. The zero-order valence-corrected chi connectivity index (χ0v) is 13.6. The molecule has 0 aliphatic carbocycles. The van der Waals surface area contributed by atoms with E-state index in [1.165, 1.54) is 12.8 Å². The molecule has 4 nitrogen and oxygen atoms in total. The minimum atomic E-state index is -0.114. The predicted molar refractivity (Wildman–Crippen MR) is 82.6 cm³/mol. The average Bonchev–Trinajstić information content (AvgIpc) is 2.28. The first-order valence-electron chi connectivity index (χ1n) is 7.14. The zero-order valence-electron chi connectivity index (χ0n) is 12.7. The van der Waals surface area contributed by atoms with E-state index in [0.29, 0.717) is 25.0 Å². The van der Waals surface area contributed by atoms with Crippen molar-refractivity contribution in [2.24, 2.45) is 11.7 Å². The molecule has 0 spiro atoms. The number of rotatable bonds is 5. The van der Waals surface area contributed by atoms with E-state index in [2.05, 4.69) is 37.9 Å². The van der Waals surface area contributed by atoms with Crippen LogP contribution >= 0.6 is 12.4 Å². The van der Waals surface area contributed by atoms with Crippen LogP contribution in [0.1, 0.15) is 47.0 Å². The lowest BCUT2D eigenvalue weighted by atomic mass is 9.91. The quantitative estimate of drug-likeness (QED) is 0.812. The molecule has 3 N–H and O–H groups in total. The van der Waals surface area contributed by atoms with Gasteiger partial charge in [-0.25, -0.2) is 0 Å². The van der Waals surface area contributed by atoms with Gasteiger partial charge in [0.2, 0.25) is 5.91 Å². The Morgan fingerprint density at radius 2 is 2.11 bits per heavy atom. The van der Waals surface area contributed by atoms with Crippen LogP contribution in [0.3, 0.4) is 0 Å². The van der Waals surface area contributed by atoms with Crippen molar-refractivity contribution in [3.63, 3.8) is 0 Å². The van der Waals surface area contributed by atoms with E-state index >= 15 is 0 Å². The Morgan fingerprint density at radius 3 is 2.63 bits per heavy atom. The first kappa shape index (κ1) is 18.7. The van der Waals surface area contributed by atoms with Gasteiger partial charge in [-0.3, -0.25) is 9.69 Å². The first-order chi connectivity index (χ1) is 8.39. The van der Waals surface area contributed by atoms with Gasteiger partial charge in [0, 0.05) is 18.1 Å². The fourth-order valence-corrected chi connectivity index (χ4v) is 2.60. The van der Waals surface area contributed by atoms with E-state index < -0.39 is 0 Å². The Kier molecular flexibility index (Phi) is 7.94. The fraction of sp³-hybridized carbons (Fsp3) is 0.929. The minimum Gasteiger partial charge on any atom is -0.350 e. The van der Waals surface area contributed by atoms with Gasteiger partial charge in [-0.2, -0.15) is 0 Å². The van der Waals surface area contributed by atoms with Gasteiger partial charge in [0.1, 0.15) is 0 Å². The van der Waals surface area contributed by atoms with E-state index in [9.17, 15) is 4.79 Å². The number of nitrogens with one attached hydrogen (secondary N) is 1. The van der Waals surface area contributed by atoms with Crippen LogP contribution in [-0.4, -0.2) is 42.0 Å². The molecule has 1 fully saturated rings. The number of carbonyl (C=O) groups is 1. The summed E-state index contributed by atoms with van der Waals surface area (Å²) in [6, 6.07) is 0.356. The smallest absolute Gasteiger partial charge is 0.234 e. The summed E-state index contributed by atoms with van der Waals surface area (Å²) in [5.74, 6) is 0.713. The number of amides is 1. The van der Waals surface area contributed by atoms with Crippen LogP contribution < -0.4 is 11.1 Å². The normalized spacial score (nSPS) is 24.7. The Morgan fingerprint density at radius 1 is 1.47 bits per heavy atom. The van der Waals surface area contributed by atoms with Crippen LogP contribution in [0.2, 0.25) is 0 Å². The van der Waals surface area contributed by atoms with Crippen LogP contribution in [0.25, 0.3) is 0 Å². The summed E-state index contributed by atoms with van der Waals surface area (Å²) < 4.78 is 0. The SMILES string of the molecule is CCC(C)(C)NC(=O)CN1CCCC(C)C1CN.Cl. The molecule has 2 atom stereocenters. The van der Waals surface area contributed by atoms with Crippen LogP contribution in [0, 0.1) is 5.92 Å². The van der Waals surface area contributed by atoms with Gasteiger partial charge in [-0.05, 0) is 45.6 Å². The lowest BCUT2D eigenvalue weighted by Crippen LogP contribution is -2.54.